The Kier molecular flexibility index (Phi) is 8.02. The van der Waals surface area contributed by atoms with Gasteiger partial charge in [0.25, 0.3) is 0 Å². The van der Waals surface area contributed by atoms with Gasteiger partial charge in [0, 0.05) is 23.2 Å². The standard InChI is InChI=1S/C29H42N2O2/c1-28(2,3)24-16-23(17-25(27(24)33)29(4,5)6)26(32)19-30-18-21-12-14-31(15-13-21)20-22-10-8-7-9-11-22/h7-11,16-17,21,30,33H,12-15,18-20H2,1-6H3. The Morgan fingerprint density at radius 3 is 2.03 bits per heavy atom. The maximum absolute atomic E-state index is 13.1. The fourth-order valence-corrected chi connectivity index (χ4v) is 4.62. The molecule has 0 aromatic heterocycles. The lowest BCUT2D eigenvalue weighted by molar-refractivity contribution is 0.0986. The first-order valence-corrected chi connectivity index (χ1v) is 12.3. The van der Waals surface area contributed by atoms with Gasteiger partial charge in [-0.15, -0.1) is 0 Å². The van der Waals surface area contributed by atoms with Crippen molar-refractivity contribution < 1.29 is 9.90 Å². The molecule has 0 unspecified atom stereocenters. The second-order valence-electron chi connectivity index (χ2n) is 11.7. The predicted octanol–water partition coefficient (Wildman–Crippen LogP) is 5.67. The van der Waals surface area contributed by atoms with Gasteiger partial charge in [0.2, 0.25) is 0 Å². The van der Waals surface area contributed by atoms with E-state index in [1.807, 2.05) is 12.1 Å². The van der Waals surface area contributed by atoms with Crippen LogP contribution in [0.2, 0.25) is 0 Å². The number of carbonyl (C=O) groups excluding carboxylic acids is 1. The molecule has 1 heterocycles. The minimum absolute atomic E-state index is 0.0903. The van der Waals surface area contributed by atoms with Crippen LogP contribution in [-0.2, 0) is 17.4 Å². The van der Waals surface area contributed by atoms with Crippen molar-refractivity contribution in [2.45, 2.75) is 71.8 Å². The zero-order chi connectivity index (χ0) is 24.2. The van der Waals surface area contributed by atoms with Crippen molar-refractivity contribution in [3.05, 3.63) is 64.7 Å². The monoisotopic (exact) mass is 450 g/mol. The van der Waals surface area contributed by atoms with Crippen molar-refractivity contribution in [3.63, 3.8) is 0 Å². The first-order valence-electron chi connectivity index (χ1n) is 12.3. The highest BCUT2D eigenvalue weighted by atomic mass is 16.3. The van der Waals surface area contributed by atoms with Crippen molar-refractivity contribution in [1.82, 2.24) is 10.2 Å². The summed E-state index contributed by atoms with van der Waals surface area (Å²) in [4.78, 5) is 15.6. The first kappa shape index (κ1) is 25.5. The molecular weight excluding hydrogens is 408 g/mol. The van der Waals surface area contributed by atoms with Gasteiger partial charge in [-0.25, -0.2) is 0 Å². The van der Waals surface area contributed by atoms with Gasteiger partial charge in [0.15, 0.2) is 5.78 Å². The largest absolute Gasteiger partial charge is 0.507 e. The molecule has 2 aromatic carbocycles. The van der Waals surface area contributed by atoms with E-state index in [9.17, 15) is 9.90 Å². The third-order valence-electron chi connectivity index (χ3n) is 6.72. The quantitative estimate of drug-likeness (QED) is 0.534. The second-order valence-corrected chi connectivity index (χ2v) is 11.7. The van der Waals surface area contributed by atoms with Crippen LogP contribution in [0.25, 0.3) is 0 Å². The first-order chi connectivity index (χ1) is 15.4. The summed E-state index contributed by atoms with van der Waals surface area (Å²) in [5.41, 5.74) is 3.27. The molecule has 0 amide bonds. The van der Waals surface area contributed by atoms with Crippen molar-refractivity contribution in [3.8, 4) is 5.75 Å². The van der Waals surface area contributed by atoms with E-state index in [-0.39, 0.29) is 16.6 Å². The van der Waals surface area contributed by atoms with E-state index in [4.69, 9.17) is 0 Å². The summed E-state index contributed by atoms with van der Waals surface area (Å²) in [5.74, 6) is 1.02. The van der Waals surface area contributed by atoms with E-state index in [2.05, 4.69) is 82.1 Å². The average molecular weight is 451 g/mol. The number of hydrogen-bond acceptors (Lipinski definition) is 4. The minimum Gasteiger partial charge on any atom is -0.507 e. The Morgan fingerprint density at radius 1 is 0.970 bits per heavy atom. The zero-order valence-electron chi connectivity index (χ0n) is 21.4. The van der Waals surface area contributed by atoms with E-state index in [1.165, 1.54) is 5.56 Å². The van der Waals surface area contributed by atoms with Gasteiger partial charge in [-0.2, -0.15) is 0 Å². The van der Waals surface area contributed by atoms with E-state index in [0.717, 1.165) is 50.1 Å². The molecule has 1 aliphatic heterocycles. The summed E-state index contributed by atoms with van der Waals surface area (Å²) in [6.45, 7) is 16.9. The number of benzene rings is 2. The van der Waals surface area contributed by atoms with Crippen LogP contribution < -0.4 is 5.32 Å². The number of ketones is 1. The number of Topliss-reactive ketones (excluding diaryl/α,β-unsaturated/α-hetero) is 1. The second kappa shape index (κ2) is 10.4. The van der Waals surface area contributed by atoms with Crippen LogP contribution in [0.4, 0.5) is 0 Å². The molecule has 0 radical (unpaired) electrons. The van der Waals surface area contributed by atoms with Crippen LogP contribution in [0.1, 0.15) is 81.4 Å². The van der Waals surface area contributed by atoms with E-state index < -0.39 is 0 Å². The molecule has 2 aromatic rings. The van der Waals surface area contributed by atoms with Crippen LogP contribution in [0.15, 0.2) is 42.5 Å². The molecule has 0 aliphatic carbocycles. The summed E-state index contributed by atoms with van der Waals surface area (Å²) in [6, 6.07) is 14.4. The number of hydrogen-bond donors (Lipinski definition) is 2. The Morgan fingerprint density at radius 2 is 1.52 bits per heavy atom. The maximum Gasteiger partial charge on any atom is 0.176 e. The van der Waals surface area contributed by atoms with Gasteiger partial charge >= 0.3 is 0 Å². The van der Waals surface area contributed by atoms with E-state index in [1.54, 1.807) is 0 Å². The van der Waals surface area contributed by atoms with Gasteiger partial charge in [-0.05, 0) is 66.9 Å². The molecule has 33 heavy (non-hydrogen) atoms. The molecule has 3 rings (SSSR count). The summed E-state index contributed by atoms with van der Waals surface area (Å²) in [7, 11) is 0. The van der Waals surface area contributed by atoms with Crippen LogP contribution >= 0.6 is 0 Å². The Hall–Kier alpha value is -2.17. The number of carbonyl (C=O) groups is 1. The van der Waals surface area contributed by atoms with Crippen molar-refractivity contribution in [2.24, 2.45) is 5.92 Å². The predicted molar refractivity (Wildman–Crippen MR) is 137 cm³/mol. The molecule has 1 saturated heterocycles. The topological polar surface area (TPSA) is 52.6 Å². The van der Waals surface area contributed by atoms with Gasteiger partial charge in [0.05, 0.1) is 6.54 Å². The summed E-state index contributed by atoms with van der Waals surface area (Å²) >= 11 is 0. The highest BCUT2D eigenvalue weighted by Crippen LogP contribution is 2.39. The lowest BCUT2D eigenvalue weighted by Crippen LogP contribution is -2.38. The Labute approximate surface area is 200 Å². The molecule has 2 N–H and O–H groups in total. The van der Waals surface area contributed by atoms with E-state index >= 15 is 0 Å². The minimum atomic E-state index is -0.235. The Bertz CT molecular complexity index is 895. The normalized spacial score (nSPS) is 16.2. The molecular formula is C29H42N2O2. The van der Waals surface area contributed by atoms with Crippen LogP contribution in [-0.4, -0.2) is 42.0 Å². The fraction of sp³-hybridized carbons (Fsp3) is 0.552. The molecule has 0 spiro atoms. The molecule has 4 heteroatoms. The van der Waals surface area contributed by atoms with Crippen molar-refractivity contribution >= 4 is 5.78 Å². The van der Waals surface area contributed by atoms with Crippen LogP contribution in [0.3, 0.4) is 0 Å². The molecule has 4 nitrogen and oxygen atoms in total. The summed E-state index contributed by atoms with van der Waals surface area (Å²) in [5, 5.41) is 14.3. The smallest absolute Gasteiger partial charge is 0.176 e. The van der Waals surface area contributed by atoms with Gasteiger partial charge in [0.1, 0.15) is 5.75 Å². The molecule has 0 atom stereocenters. The van der Waals surface area contributed by atoms with Crippen LogP contribution in [0, 0.1) is 5.92 Å². The highest BCUT2D eigenvalue weighted by Gasteiger charge is 2.28. The number of aromatic hydroxyl groups is 1. The van der Waals surface area contributed by atoms with Crippen molar-refractivity contribution in [2.75, 3.05) is 26.2 Å². The number of nitrogens with one attached hydrogen (secondary N) is 1. The number of nitrogens with zero attached hydrogens (tertiary/aromatic N) is 1. The molecule has 180 valence electrons. The molecule has 1 aliphatic rings. The number of phenolic OH excluding ortho intramolecular Hbond substituents is 1. The third-order valence-corrected chi connectivity index (χ3v) is 6.72. The van der Waals surface area contributed by atoms with E-state index in [0.29, 0.717) is 23.8 Å². The molecule has 0 bridgehead atoms. The van der Waals surface area contributed by atoms with Gasteiger partial charge in [-0.3, -0.25) is 9.69 Å². The fourth-order valence-electron chi connectivity index (χ4n) is 4.62. The van der Waals surface area contributed by atoms with Crippen LogP contribution in [0.5, 0.6) is 5.75 Å². The van der Waals surface area contributed by atoms with Gasteiger partial charge in [-0.1, -0.05) is 71.9 Å². The number of phenols is 1. The van der Waals surface area contributed by atoms with Crippen molar-refractivity contribution in [1.29, 1.82) is 0 Å². The number of likely N-dealkylation sites (tertiary alicyclic amines) is 1. The lowest BCUT2D eigenvalue weighted by atomic mass is 9.78. The SMILES string of the molecule is CC(C)(C)c1cc(C(=O)CNCC2CCN(Cc3ccccc3)CC2)cc(C(C)(C)C)c1O. The average Bonchev–Trinajstić information content (AvgIpc) is 2.74. The third kappa shape index (κ3) is 6.91. The Balaban J connectivity index is 1.55. The molecule has 0 saturated carbocycles. The number of piperidine rings is 1. The number of rotatable bonds is 7. The summed E-state index contributed by atoms with van der Waals surface area (Å²) in [6.07, 6.45) is 2.32. The maximum atomic E-state index is 13.1. The lowest BCUT2D eigenvalue weighted by Gasteiger charge is -2.32. The molecule has 1 fully saturated rings. The van der Waals surface area contributed by atoms with Gasteiger partial charge < -0.3 is 10.4 Å². The highest BCUT2D eigenvalue weighted by molar-refractivity contribution is 5.98. The summed E-state index contributed by atoms with van der Waals surface area (Å²) < 4.78 is 0. The zero-order valence-corrected chi connectivity index (χ0v) is 21.4.